The summed E-state index contributed by atoms with van der Waals surface area (Å²) in [5, 5.41) is 6.22. The fourth-order valence-corrected chi connectivity index (χ4v) is 3.20. The monoisotopic (exact) mass is 379 g/mol. The predicted octanol–water partition coefficient (Wildman–Crippen LogP) is 0.979. The maximum Gasteiger partial charge on any atom is 0.234 e. The Kier molecular flexibility index (Phi) is 6.60. The minimum absolute atomic E-state index is 0.102. The Hall–Kier alpha value is -2.22. The van der Waals surface area contributed by atoms with Gasteiger partial charge in [0.05, 0.1) is 6.54 Å². The van der Waals surface area contributed by atoms with Crippen LogP contribution in [0.15, 0.2) is 23.2 Å². The lowest BCUT2D eigenvalue weighted by atomic mass is 10.1. The molecule has 2 fully saturated rings. The Balaban J connectivity index is 1.40. The molecule has 0 bridgehead atoms. The second-order valence-electron chi connectivity index (χ2n) is 7.04. The summed E-state index contributed by atoms with van der Waals surface area (Å²) >= 11 is 0. The average Bonchev–Trinajstić information content (AvgIpc) is 3.47. The summed E-state index contributed by atoms with van der Waals surface area (Å²) in [6, 6.07) is 4.62. The van der Waals surface area contributed by atoms with E-state index < -0.39 is 11.6 Å². The van der Waals surface area contributed by atoms with Crippen molar-refractivity contribution in [2.24, 2.45) is 4.99 Å². The second kappa shape index (κ2) is 9.12. The van der Waals surface area contributed by atoms with Crippen molar-refractivity contribution < 1.29 is 13.6 Å². The van der Waals surface area contributed by atoms with Gasteiger partial charge in [-0.1, -0.05) is 12.1 Å². The standard InChI is InChI=1S/C19H27F2N5O/c1-22-19(23-8-7-14-3-2-4-16(20)18(14)21)26-11-9-25(10-12-26)13-17(27)24-15-5-6-15/h2-4,15H,5-13H2,1H3,(H,22,23)(H,24,27). The molecule has 0 spiro atoms. The van der Waals surface area contributed by atoms with E-state index in [0.717, 1.165) is 51.0 Å². The number of hydrogen-bond donors (Lipinski definition) is 2. The lowest BCUT2D eigenvalue weighted by molar-refractivity contribution is -0.122. The third kappa shape index (κ3) is 5.63. The summed E-state index contributed by atoms with van der Waals surface area (Å²) in [7, 11) is 1.71. The van der Waals surface area contributed by atoms with E-state index in [1.54, 1.807) is 13.1 Å². The predicted molar refractivity (Wildman–Crippen MR) is 101 cm³/mol. The van der Waals surface area contributed by atoms with E-state index in [1.807, 2.05) is 0 Å². The van der Waals surface area contributed by atoms with Gasteiger partial charge in [-0.15, -0.1) is 0 Å². The Labute approximate surface area is 158 Å². The number of benzene rings is 1. The number of carbonyl (C=O) groups excluding carboxylic acids is 1. The molecule has 8 heteroatoms. The quantitative estimate of drug-likeness (QED) is 0.572. The van der Waals surface area contributed by atoms with E-state index >= 15 is 0 Å². The maximum atomic E-state index is 13.7. The summed E-state index contributed by atoms with van der Waals surface area (Å²) < 4.78 is 27.0. The van der Waals surface area contributed by atoms with Crippen molar-refractivity contribution in [3.8, 4) is 0 Å². The normalized spacial score (nSPS) is 18.5. The van der Waals surface area contributed by atoms with Crippen molar-refractivity contribution >= 4 is 11.9 Å². The second-order valence-corrected chi connectivity index (χ2v) is 7.04. The first-order valence-corrected chi connectivity index (χ1v) is 9.47. The van der Waals surface area contributed by atoms with Crippen LogP contribution in [0.25, 0.3) is 0 Å². The van der Waals surface area contributed by atoms with Crippen molar-refractivity contribution in [1.29, 1.82) is 0 Å². The van der Waals surface area contributed by atoms with Gasteiger partial charge in [0.15, 0.2) is 17.6 Å². The van der Waals surface area contributed by atoms with Crippen molar-refractivity contribution in [3.63, 3.8) is 0 Å². The van der Waals surface area contributed by atoms with E-state index in [0.29, 0.717) is 31.1 Å². The third-order valence-electron chi connectivity index (χ3n) is 4.90. The lowest BCUT2D eigenvalue weighted by Crippen LogP contribution is -2.54. The zero-order valence-corrected chi connectivity index (χ0v) is 15.7. The highest BCUT2D eigenvalue weighted by Gasteiger charge is 2.25. The molecule has 2 N–H and O–H groups in total. The Morgan fingerprint density at radius 3 is 2.63 bits per heavy atom. The van der Waals surface area contributed by atoms with E-state index in [-0.39, 0.29) is 5.91 Å². The molecule has 3 rings (SSSR count). The molecule has 1 aliphatic carbocycles. The number of halogens is 2. The SMILES string of the molecule is CN=C(NCCc1cccc(F)c1F)N1CCN(CC(=O)NC2CC2)CC1. The molecule has 148 valence electrons. The van der Waals surface area contributed by atoms with Crippen molar-refractivity contribution in [3.05, 3.63) is 35.4 Å². The van der Waals surface area contributed by atoms with Crippen molar-refractivity contribution in [1.82, 2.24) is 20.4 Å². The Bertz CT molecular complexity index is 685. The molecule has 1 aliphatic heterocycles. The van der Waals surface area contributed by atoms with Crippen LogP contribution in [0.2, 0.25) is 0 Å². The molecular weight excluding hydrogens is 352 g/mol. The fourth-order valence-electron chi connectivity index (χ4n) is 3.20. The smallest absolute Gasteiger partial charge is 0.234 e. The zero-order valence-electron chi connectivity index (χ0n) is 15.7. The number of guanidine groups is 1. The molecule has 1 saturated carbocycles. The van der Waals surface area contributed by atoms with Gasteiger partial charge in [0.25, 0.3) is 0 Å². The highest BCUT2D eigenvalue weighted by molar-refractivity contribution is 5.80. The summed E-state index contributed by atoms with van der Waals surface area (Å²) in [6.45, 7) is 4.02. The van der Waals surface area contributed by atoms with Crippen LogP contribution in [0, 0.1) is 11.6 Å². The number of hydrogen-bond acceptors (Lipinski definition) is 3. The van der Waals surface area contributed by atoms with Gasteiger partial charge in [0.1, 0.15) is 0 Å². The summed E-state index contributed by atoms with van der Waals surface area (Å²) in [6.07, 6.45) is 2.58. The molecule has 0 radical (unpaired) electrons. The largest absolute Gasteiger partial charge is 0.356 e. The highest BCUT2D eigenvalue weighted by atomic mass is 19.2. The van der Waals surface area contributed by atoms with Crippen molar-refractivity contribution in [2.75, 3.05) is 46.3 Å². The minimum atomic E-state index is -0.821. The van der Waals surface area contributed by atoms with Gasteiger partial charge in [0.2, 0.25) is 5.91 Å². The number of piperazine rings is 1. The van der Waals surface area contributed by atoms with Gasteiger partial charge in [-0.2, -0.15) is 0 Å². The fraction of sp³-hybridized carbons (Fsp3) is 0.579. The molecule has 1 aromatic rings. The minimum Gasteiger partial charge on any atom is -0.356 e. The van der Waals surface area contributed by atoms with Crippen LogP contribution in [-0.2, 0) is 11.2 Å². The van der Waals surface area contributed by atoms with Gasteiger partial charge in [-0.3, -0.25) is 14.7 Å². The number of nitrogens with zero attached hydrogens (tertiary/aromatic N) is 3. The molecule has 0 atom stereocenters. The zero-order chi connectivity index (χ0) is 19.2. The molecule has 2 aliphatic rings. The third-order valence-corrected chi connectivity index (χ3v) is 4.90. The Morgan fingerprint density at radius 2 is 1.96 bits per heavy atom. The Morgan fingerprint density at radius 1 is 1.22 bits per heavy atom. The van der Waals surface area contributed by atoms with E-state index in [4.69, 9.17) is 0 Å². The van der Waals surface area contributed by atoms with Gasteiger partial charge in [-0.05, 0) is 30.9 Å². The average molecular weight is 379 g/mol. The molecule has 27 heavy (non-hydrogen) atoms. The first kappa shape index (κ1) is 19.5. The van der Waals surface area contributed by atoms with Crippen LogP contribution in [-0.4, -0.2) is 74.0 Å². The van der Waals surface area contributed by atoms with E-state index in [1.165, 1.54) is 6.07 Å². The van der Waals surface area contributed by atoms with Crippen LogP contribution in [0.1, 0.15) is 18.4 Å². The lowest BCUT2D eigenvalue weighted by Gasteiger charge is -2.36. The first-order chi connectivity index (χ1) is 13.1. The summed E-state index contributed by atoms with van der Waals surface area (Å²) in [5.41, 5.74) is 0.351. The van der Waals surface area contributed by atoms with Crippen molar-refractivity contribution in [2.45, 2.75) is 25.3 Å². The molecule has 1 aromatic carbocycles. The van der Waals surface area contributed by atoms with Gasteiger partial charge in [-0.25, -0.2) is 8.78 Å². The van der Waals surface area contributed by atoms with E-state index in [2.05, 4.69) is 25.4 Å². The molecule has 0 aromatic heterocycles. The molecule has 6 nitrogen and oxygen atoms in total. The van der Waals surface area contributed by atoms with Gasteiger partial charge < -0.3 is 15.5 Å². The van der Waals surface area contributed by atoms with Crippen LogP contribution >= 0.6 is 0 Å². The maximum absolute atomic E-state index is 13.7. The molecule has 1 amide bonds. The molecule has 1 heterocycles. The summed E-state index contributed by atoms with van der Waals surface area (Å²) in [4.78, 5) is 20.4. The number of carbonyl (C=O) groups is 1. The van der Waals surface area contributed by atoms with E-state index in [9.17, 15) is 13.6 Å². The van der Waals surface area contributed by atoms with Crippen LogP contribution < -0.4 is 10.6 Å². The van der Waals surface area contributed by atoms with Crippen LogP contribution in [0.5, 0.6) is 0 Å². The van der Waals surface area contributed by atoms with Crippen LogP contribution in [0.3, 0.4) is 0 Å². The highest BCUT2D eigenvalue weighted by Crippen LogP contribution is 2.18. The summed E-state index contributed by atoms with van der Waals surface area (Å²) in [5.74, 6) is -0.759. The number of aliphatic imine (C=N–C) groups is 1. The van der Waals surface area contributed by atoms with Gasteiger partial charge >= 0.3 is 0 Å². The number of amides is 1. The van der Waals surface area contributed by atoms with Crippen LogP contribution in [0.4, 0.5) is 8.78 Å². The molecule has 1 saturated heterocycles. The molecule has 0 unspecified atom stereocenters. The number of rotatable bonds is 6. The van der Waals surface area contributed by atoms with Gasteiger partial charge in [0, 0.05) is 45.8 Å². The number of nitrogens with one attached hydrogen (secondary N) is 2. The first-order valence-electron chi connectivity index (χ1n) is 9.47. The topological polar surface area (TPSA) is 60.0 Å². The molecular formula is C19H27F2N5O.